The van der Waals surface area contributed by atoms with Gasteiger partial charge in [0, 0.05) is 18.7 Å². The Morgan fingerprint density at radius 2 is 2.00 bits per heavy atom. The van der Waals surface area contributed by atoms with Crippen LogP contribution in [-0.2, 0) is 6.54 Å². The van der Waals surface area contributed by atoms with Crippen molar-refractivity contribution in [1.82, 2.24) is 4.90 Å². The smallest absolute Gasteiger partial charge is 0.0555 e. The van der Waals surface area contributed by atoms with Gasteiger partial charge in [-0.05, 0) is 37.4 Å². The second-order valence-corrected chi connectivity index (χ2v) is 5.51. The van der Waals surface area contributed by atoms with E-state index in [2.05, 4.69) is 42.0 Å². The Morgan fingerprint density at radius 3 is 2.74 bits per heavy atom. The first-order valence-electron chi connectivity index (χ1n) is 7.25. The molecule has 2 rings (SSSR count). The Labute approximate surface area is 117 Å². The first-order valence-corrected chi connectivity index (χ1v) is 7.25. The van der Waals surface area contributed by atoms with Crippen molar-refractivity contribution in [3.8, 4) is 11.8 Å². The van der Waals surface area contributed by atoms with Crippen LogP contribution in [0.25, 0.3) is 0 Å². The van der Waals surface area contributed by atoms with Crippen LogP contribution in [0.3, 0.4) is 0 Å². The fourth-order valence-electron chi connectivity index (χ4n) is 2.92. The largest absolute Gasteiger partial charge is 0.320 e. The lowest BCUT2D eigenvalue weighted by molar-refractivity contribution is 0.271. The quantitative estimate of drug-likeness (QED) is 0.839. The summed E-state index contributed by atoms with van der Waals surface area (Å²) in [6.45, 7) is 2.61. The highest BCUT2D eigenvalue weighted by atomic mass is 15.1. The summed E-state index contributed by atoms with van der Waals surface area (Å²) in [4.78, 5) is 2.43. The number of hydrogen-bond donors (Lipinski definition) is 1. The molecule has 2 nitrogen and oxygen atoms in total. The van der Waals surface area contributed by atoms with Crippen LogP contribution in [0.2, 0.25) is 0 Å². The summed E-state index contributed by atoms with van der Waals surface area (Å²) in [7, 11) is 2.21. The summed E-state index contributed by atoms with van der Waals surface area (Å²) in [6, 6.07) is 8.39. The molecular weight excluding hydrogens is 232 g/mol. The van der Waals surface area contributed by atoms with Crippen molar-refractivity contribution in [3.05, 3.63) is 35.4 Å². The highest BCUT2D eigenvalue weighted by molar-refractivity contribution is 5.41. The van der Waals surface area contributed by atoms with Crippen LogP contribution < -0.4 is 5.73 Å². The van der Waals surface area contributed by atoms with Gasteiger partial charge in [0.25, 0.3) is 0 Å². The minimum absolute atomic E-state index is 0.423. The molecule has 1 fully saturated rings. The van der Waals surface area contributed by atoms with E-state index in [0.29, 0.717) is 6.54 Å². The number of nitrogens with two attached hydrogens (primary N) is 1. The lowest BCUT2D eigenvalue weighted by Gasteiger charge is -2.21. The molecule has 1 aliphatic carbocycles. The molecule has 0 heterocycles. The van der Waals surface area contributed by atoms with Crippen molar-refractivity contribution in [3.63, 3.8) is 0 Å². The van der Waals surface area contributed by atoms with E-state index in [1.165, 1.54) is 37.8 Å². The van der Waals surface area contributed by atoms with Crippen LogP contribution >= 0.6 is 0 Å². The van der Waals surface area contributed by atoms with Gasteiger partial charge in [-0.1, -0.05) is 42.9 Å². The molecule has 19 heavy (non-hydrogen) atoms. The molecule has 0 unspecified atom stereocenters. The predicted octanol–water partition coefficient (Wildman–Crippen LogP) is 2.62. The van der Waals surface area contributed by atoms with Crippen LogP contribution in [0.1, 0.15) is 36.8 Å². The third-order valence-corrected chi connectivity index (χ3v) is 3.83. The molecule has 0 radical (unpaired) electrons. The Hall–Kier alpha value is -1.30. The molecule has 0 aliphatic heterocycles. The summed E-state index contributed by atoms with van der Waals surface area (Å²) >= 11 is 0. The Kier molecular flexibility index (Phi) is 5.44. The maximum atomic E-state index is 5.45. The topological polar surface area (TPSA) is 29.3 Å². The fourth-order valence-corrected chi connectivity index (χ4v) is 2.92. The highest BCUT2D eigenvalue weighted by Gasteiger charge is 2.17. The molecule has 1 saturated carbocycles. The van der Waals surface area contributed by atoms with E-state index in [4.69, 9.17) is 5.73 Å². The molecule has 1 aliphatic rings. The van der Waals surface area contributed by atoms with Crippen molar-refractivity contribution in [2.24, 2.45) is 11.7 Å². The molecule has 0 aromatic heterocycles. The molecule has 1 aromatic rings. The van der Waals surface area contributed by atoms with Crippen molar-refractivity contribution < 1.29 is 0 Å². The van der Waals surface area contributed by atoms with E-state index >= 15 is 0 Å². The highest BCUT2D eigenvalue weighted by Crippen LogP contribution is 2.25. The van der Waals surface area contributed by atoms with Gasteiger partial charge >= 0.3 is 0 Å². The Bertz CT molecular complexity index is 450. The van der Waals surface area contributed by atoms with Gasteiger partial charge in [0.2, 0.25) is 0 Å². The summed E-state index contributed by atoms with van der Waals surface area (Å²) in [6.07, 6.45) is 5.63. The maximum absolute atomic E-state index is 5.45. The monoisotopic (exact) mass is 256 g/mol. The van der Waals surface area contributed by atoms with Gasteiger partial charge in [0.15, 0.2) is 0 Å². The van der Waals surface area contributed by atoms with Crippen LogP contribution in [-0.4, -0.2) is 25.0 Å². The van der Waals surface area contributed by atoms with E-state index in [-0.39, 0.29) is 0 Å². The molecule has 0 bridgehead atoms. The predicted molar refractivity (Wildman–Crippen MR) is 80.7 cm³/mol. The van der Waals surface area contributed by atoms with Crippen molar-refractivity contribution >= 4 is 0 Å². The van der Waals surface area contributed by atoms with E-state index in [1.807, 2.05) is 6.07 Å². The van der Waals surface area contributed by atoms with Gasteiger partial charge in [0.05, 0.1) is 6.54 Å². The molecular formula is C17H24N2. The molecule has 0 spiro atoms. The zero-order valence-electron chi connectivity index (χ0n) is 11.9. The summed E-state index contributed by atoms with van der Waals surface area (Å²) in [5, 5.41) is 0. The molecule has 1 aromatic carbocycles. The molecule has 0 atom stereocenters. The van der Waals surface area contributed by atoms with Gasteiger partial charge in [-0.15, -0.1) is 0 Å². The number of rotatable bonds is 4. The van der Waals surface area contributed by atoms with Gasteiger partial charge < -0.3 is 10.6 Å². The lowest BCUT2D eigenvalue weighted by atomic mass is 10.1. The van der Waals surface area contributed by atoms with E-state index in [9.17, 15) is 0 Å². The summed E-state index contributed by atoms with van der Waals surface area (Å²) in [5.74, 6) is 7.02. The van der Waals surface area contributed by atoms with E-state index in [1.54, 1.807) is 0 Å². The lowest BCUT2D eigenvalue weighted by Crippen LogP contribution is -2.24. The molecule has 0 amide bonds. The molecule has 2 heteroatoms. The SMILES string of the molecule is CN(Cc1ccccc1C#CCN)CC1CCCC1. The molecule has 0 saturated heterocycles. The average Bonchev–Trinajstić information content (AvgIpc) is 2.90. The van der Waals surface area contributed by atoms with Crippen LogP contribution in [0.4, 0.5) is 0 Å². The first kappa shape index (κ1) is 14.1. The summed E-state index contributed by atoms with van der Waals surface area (Å²) in [5.41, 5.74) is 7.88. The van der Waals surface area contributed by atoms with Gasteiger partial charge in [-0.2, -0.15) is 0 Å². The second kappa shape index (κ2) is 7.33. The normalized spacial score (nSPS) is 15.5. The zero-order chi connectivity index (χ0) is 13.5. The number of nitrogens with zero attached hydrogens (tertiary/aromatic N) is 1. The van der Waals surface area contributed by atoms with Gasteiger partial charge in [-0.25, -0.2) is 0 Å². The second-order valence-electron chi connectivity index (χ2n) is 5.51. The van der Waals surface area contributed by atoms with Crippen molar-refractivity contribution in [1.29, 1.82) is 0 Å². The number of hydrogen-bond acceptors (Lipinski definition) is 2. The van der Waals surface area contributed by atoms with Gasteiger partial charge in [-0.3, -0.25) is 0 Å². The standard InChI is InChI=1S/C17H24N2/c1-19(13-15-7-2-3-8-15)14-17-10-5-4-9-16(17)11-6-12-18/h4-5,9-10,15H,2-3,7-8,12-14,18H2,1H3. The minimum Gasteiger partial charge on any atom is -0.320 e. The van der Waals surface area contributed by atoms with Crippen LogP contribution in [0.15, 0.2) is 24.3 Å². The van der Waals surface area contributed by atoms with Crippen molar-refractivity contribution in [2.45, 2.75) is 32.2 Å². The average molecular weight is 256 g/mol. The minimum atomic E-state index is 0.423. The van der Waals surface area contributed by atoms with E-state index in [0.717, 1.165) is 18.0 Å². The van der Waals surface area contributed by atoms with Gasteiger partial charge in [0.1, 0.15) is 0 Å². The van der Waals surface area contributed by atoms with Crippen LogP contribution in [0, 0.1) is 17.8 Å². The summed E-state index contributed by atoms with van der Waals surface area (Å²) < 4.78 is 0. The maximum Gasteiger partial charge on any atom is 0.0555 e. The Balaban J connectivity index is 1.97. The Morgan fingerprint density at radius 1 is 1.26 bits per heavy atom. The third kappa shape index (κ3) is 4.38. The number of benzene rings is 1. The first-order chi connectivity index (χ1) is 9.29. The fraction of sp³-hybridized carbons (Fsp3) is 0.529. The van der Waals surface area contributed by atoms with E-state index < -0.39 is 0 Å². The van der Waals surface area contributed by atoms with Crippen molar-refractivity contribution in [2.75, 3.05) is 20.1 Å². The molecule has 102 valence electrons. The van der Waals surface area contributed by atoms with Crippen LogP contribution in [0.5, 0.6) is 0 Å². The molecule has 2 N–H and O–H groups in total. The zero-order valence-corrected chi connectivity index (χ0v) is 11.9. The third-order valence-electron chi connectivity index (χ3n) is 3.83.